The number of nitrogens with two attached hydrogens (primary N) is 1. The second-order valence-corrected chi connectivity index (χ2v) is 11.7. The Morgan fingerprint density at radius 3 is 2.49 bits per heavy atom. The number of hydrogen-bond donors (Lipinski definition) is 5. The van der Waals surface area contributed by atoms with Crippen molar-refractivity contribution in [2.24, 2.45) is 5.73 Å². The smallest absolute Gasteiger partial charge is 0.355 e. The first kappa shape index (κ1) is 29.9. The first-order valence-electron chi connectivity index (χ1n) is 13.8. The van der Waals surface area contributed by atoms with E-state index in [1.54, 1.807) is 49.4 Å². The summed E-state index contributed by atoms with van der Waals surface area (Å²) in [6.07, 6.45) is 0.993. The van der Waals surface area contributed by atoms with E-state index in [9.17, 15) is 24.6 Å². The number of benzene rings is 2. The molecule has 3 heterocycles. The Morgan fingerprint density at radius 2 is 1.79 bits per heavy atom. The quantitative estimate of drug-likeness (QED) is 0.184. The number of anilines is 1. The fourth-order valence-corrected chi connectivity index (χ4v) is 5.91. The van der Waals surface area contributed by atoms with E-state index < -0.39 is 23.3 Å². The van der Waals surface area contributed by atoms with Crippen molar-refractivity contribution in [3.63, 3.8) is 0 Å². The number of amides is 2. The van der Waals surface area contributed by atoms with Crippen LogP contribution in [0.4, 0.5) is 5.69 Å². The molecule has 2 amide bonds. The van der Waals surface area contributed by atoms with Crippen molar-refractivity contribution in [2.75, 3.05) is 18.5 Å². The van der Waals surface area contributed by atoms with Crippen LogP contribution in [0.5, 0.6) is 5.75 Å². The lowest BCUT2D eigenvalue weighted by Crippen LogP contribution is -2.44. The highest BCUT2D eigenvalue weighted by Crippen LogP contribution is 2.43. The summed E-state index contributed by atoms with van der Waals surface area (Å²) in [6, 6.07) is 15.5. The lowest BCUT2D eigenvalue weighted by molar-refractivity contribution is 0.0691. The van der Waals surface area contributed by atoms with E-state index in [1.165, 1.54) is 12.1 Å². The molecular formula is C32H32N4O6S. The van der Waals surface area contributed by atoms with Crippen LogP contribution in [0.3, 0.4) is 0 Å². The Labute approximate surface area is 252 Å². The number of hydrogen-bond acceptors (Lipinski definition) is 8. The molecule has 0 saturated carbocycles. The molecule has 0 saturated heterocycles. The molecule has 11 heteroatoms. The molecule has 222 valence electrons. The van der Waals surface area contributed by atoms with E-state index in [0.29, 0.717) is 43.0 Å². The fraction of sp³-hybridized carbons (Fsp3) is 0.250. The molecule has 0 radical (unpaired) electrons. The van der Waals surface area contributed by atoms with Crippen LogP contribution in [0.2, 0.25) is 0 Å². The van der Waals surface area contributed by atoms with Gasteiger partial charge in [0.05, 0.1) is 6.61 Å². The third kappa shape index (κ3) is 6.43. The number of aromatic nitrogens is 1. The zero-order valence-corrected chi connectivity index (χ0v) is 24.6. The average Bonchev–Trinajstić information content (AvgIpc) is 3.38. The van der Waals surface area contributed by atoms with Gasteiger partial charge in [-0.3, -0.25) is 9.59 Å². The standard InChI is InChI=1S/C32H32N4O6S/c1-32(2,11-12-37)36-30(39)25-8-7-21(27(35-25)31(40)41)22-16-26-24(28-19(9-13-42-26)10-14-43-28)15-23(22)29(38)34-20-5-3-18(17-33)4-6-20/h3-8,10,14-16,37H,9,11-13,17,33H2,1-2H3,(H,34,38)(H,36,39)(H,40,41). The molecule has 6 N–H and O–H groups in total. The predicted octanol–water partition coefficient (Wildman–Crippen LogP) is 4.71. The molecule has 1 aliphatic rings. The predicted molar refractivity (Wildman–Crippen MR) is 165 cm³/mol. The van der Waals surface area contributed by atoms with E-state index in [1.807, 2.05) is 23.6 Å². The Morgan fingerprint density at radius 1 is 1.02 bits per heavy atom. The number of nitrogens with one attached hydrogen (secondary N) is 2. The van der Waals surface area contributed by atoms with Crippen LogP contribution < -0.4 is 21.1 Å². The van der Waals surface area contributed by atoms with E-state index in [2.05, 4.69) is 15.6 Å². The van der Waals surface area contributed by atoms with Crippen LogP contribution in [0.1, 0.15) is 62.7 Å². The molecule has 43 heavy (non-hydrogen) atoms. The summed E-state index contributed by atoms with van der Waals surface area (Å²) in [4.78, 5) is 44.5. The monoisotopic (exact) mass is 600 g/mol. The normalized spacial score (nSPS) is 12.4. The summed E-state index contributed by atoms with van der Waals surface area (Å²) in [6.45, 7) is 4.15. The summed E-state index contributed by atoms with van der Waals surface area (Å²) in [7, 11) is 0. The maximum absolute atomic E-state index is 13.8. The van der Waals surface area contributed by atoms with Crippen LogP contribution >= 0.6 is 11.3 Å². The molecule has 0 aliphatic carbocycles. The van der Waals surface area contributed by atoms with Gasteiger partial charge in [0, 0.05) is 57.9 Å². The van der Waals surface area contributed by atoms with Crippen molar-refractivity contribution in [3.8, 4) is 27.3 Å². The zero-order valence-electron chi connectivity index (χ0n) is 23.8. The Bertz CT molecular complexity index is 1700. The summed E-state index contributed by atoms with van der Waals surface area (Å²) in [5.74, 6) is -1.88. The van der Waals surface area contributed by atoms with Crippen LogP contribution in [-0.2, 0) is 13.0 Å². The molecule has 10 nitrogen and oxygen atoms in total. The SMILES string of the molecule is CC(C)(CCO)NC(=O)c1ccc(-c2cc3c(cc2C(=O)Nc2ccc(CN)cc2)-c2sccc2CCO3)c(C(=O)O)n1. The van der Waals surface area contributed by atoms with Crippen molar-refractivity contribution >= 4 is 34.8 Å². The summed E-state index contributed by atoms with van der Waals surface area (Å²) in [5.41, 5.74) is 8.45. The molecule has 2 aromatic heterocycles. The first-order valence-corrected chi connectivity index (χ1v) is 14.6. The van der Waals surface area contributed by atoms with Gasteiger partial charge in [0.15, 0.2) is 5.69 Å². The van der Waals surface area contributed by atoms with Gasteiger partial charge in [-0.25, -0.2) is 9.78 Å². The van der Waals surface area contributed by atoms with Gasteiger partial charge in [0.1, 0.15) is 11.4 Å². The van der Waals surface area contributed by atoms with Crippen LogP contribution in [0, 0.1) is 0 Å². The minimum atomic E-state index is -1.36. The van der Waals surface area contributed by atoms with Gasteiger partial charge in [-0.1, -0.05) is 12.1 Å². The van der Waals surface area contributed by atoms with Gasteiger partial charge in [-0.2, -0.15) is 0 Å². The zero-order chi connectivity index (χ0) is 30.7. The van der Waals surface area contributed by atoms with Gasteiger partial charge in [-0.15, -0.1) is 11.3 Å². The van der Waals surface area contributed by atoms with Crippen molar-refractivity contribution in [1.82, 2.24) is 10.3 Å². The molecule has 0 spiro atoms. The number of nitrogens with zero attached hydrogens (tertiary/aromatic N) is 1. The van der Waals surface area contributed by atoms with E-state index in [-0.39, 0.29) is 29.1 Å². The first-order chi connectivity index (χ1) is 20.6. The number of rotatable bonds is 9. The minimum absolute atomic E-state index is 0.104. The maximum atomic E-state index is 13.8. The number of aromatic carboxylic acids is 1. The number of carbonyl (C=O) groups excluding carboxylic acids is 2. The Balaban J connectivity index is 1.62. The summed E-state index contributed by atoms with van der Waals surface area (Å²) >= 11 is 1.54. The van der Waals surface area contributed by atoms with Gasteiger partial charge >= 0.3 is 5.97 Å². The Kier molecular flexibility index (Phi) is 8.58. The fourth-order valence-electron chi connectivity index (χ4n) is 4.93. The highest BCUT2D eigenvalue weighted by atomic mass is 32.1. The maximum Gasteiger partial charge on any atom is 0.355 e. The van der Waals surface area contributed by atoms with Crippen molar-refractivity contribution < 1.29 is 29.3 Å². The van der Waals surface area contributed by atoms with Crippen LogP contribution in [0.15, 0.2) is 60.0 Å². The number of thiophene rings is 1. The highest BCUT2D eigenvalue weighted by molar-refractivity contribution is 7.13. The van der Waals surface area contributed by atoms with Gasteiger partial charge in [-0.05, 0) is 79.2 Å². The molecular weight excluding hydrogens is 568 g/mol. The summed E-state index contributed by atoms with van der Waals surface area (Å²) in [5, 5.41) is 27.2. The molecule has 2 aromatic carbocycles. The number of fused-ring (bicyclic) bond motifs is 3. The van der Waals surface area contributed by atoms with E-state index >= 15 is 0 Å². The largest absolute Gasteiger partial charge is 0.493 e. The molecule has 4 aromatic rings. The second kappa shape index (κ2) is 12.3. The molecule has 5 rings (SSSR count). The lowest BCUT2D eigenvalue weighted by atomic mass is 9.93. The number of carboxylic acids is 1. The number of aliphatic hydroxyl groups is 1. The van der Waals surface area contributed by atoms with Crippen LogP contribution in [0.25, 0.3) is 21.6 Å². The third-order valence-electron chi connectivity index (χ3n) is 7.24. The summed E-state index contributed by atoms with van der Waals surface area (Å²) < 4.78 is 6.08. The van der Waals surface area contributed by atoms with Gasteiger partial charge in [0.2, 0.25) is 0 Å². The molecule has 1 aliphatic heterocycles. The molecule has 0 bridgehead atoms. The Hall–Kier alpha value is -4.58. The number of carbonyl (C=O) groups is 3. The second-order valence-electron chi connectivity index (χ2n) is 10.8. The van der Waals surface area contributed by atoms with Crippen molar-refractivity contribution in [3.05, 3.63) is 88.1 Å². The minimum Gasteiger partial charge on any atom is -0.493 e. The lowest BCUT2D eigenvalue weighted by Gasteiger charge is -2.25. The third-order valence-corrected chi connectivity index (χ3v) is 8.23. The topological polar surface area (TPSA) is 164 Å². The van der Waals surface area contributed by atoms with Gasteiger partial charge < -0.3 is 31.3 Å². The number of aliphatic hydroxyl groups excluding tert-OH is 1. The van der Waals surface area contributed by atoms with Crippen LogP contribution in [-0.4, -0.2) is 51.7 Å². The average molecular weight is 601 g/mol. The van der Waals surface area contributed by atoms with Crippen molar-refractivity contribution in [2.45, 2.75) is 38.8 Å². The molecule has 0 atom stereocenters. The number of ether oxygens (including phenoxy) is 1. The number of carboxylic acid groups (broad SMARTS) is 1. The van der Waals surface area contributed by atoms with E-state index in [4.69, 9.17) is 10.5 Å². The van der Waals surface area contributed by atoms with Crippen molar-refractivity contribution in [1.29, 1.82) is 0 Å². The molecule has 0 fully saturated rings. The molecule has 0 unspecified atom stereocenters. The number of pyridine rings is 1. The van der Waals surface area contributed by atoms with E-state index in [0.717, 1.165) is 21.6 Å². The van der Waals surface area contributed by atoms with Gasteiger partial charge in [0.25, 0.3) is 11.8 Å². The highest BCUT2D eigenvalue weighted by Gasteiger charge is 2.27.